The number of amides is 1. The average Bonchev–Trinajstić information content (AvgIpc) is 3.03. The Labute approximate surface area is 126 Å². The van der Waals surface area contributed by atoms with Gasteiger partial charge in [0.25, 0.3) is 11.7 Å². The molecular weight excluding hydrogens is 286 g/mol. The predicted molar refractivity (Wildman–Crippen MR) is 81.2 cm³/mol. The van der Waals surface area contributed by atoms with Crippen LogP contribution in [-0.4, -0.2) is 24.0 Å². The van der Waals surface area contributed by atoms with Gasteiger partial charge in [-0.15, -0.1) is 11.3 Å². The van der Waals surface area contributed by atoms with E-state index in [9.17, 15) is 14.4 Å². The van der Waals surface area contributed by atoms with Crippen molar-refractivity contribution in [1.82, 2.24) is 0 Å². The molecule has 0 saturated heterocycles. The van der Waals surface area contributed by atoms with Gasteiger partial charge in [0.15, 0.2) is 5.78 Å². The Bertz CT molecular complexity index is 762. The maximum atomic E-state index is 12.2. The molecule has 1 aliphatic rings. The third-order valence-electron chi connectivity index (χ3n) is 3.50. The summed E-state index contributed by atoms with van der Waals surface area (Å²) in [4.78, 5) is 38.3. The molecule has 0 radical (unpaired) electrons. The van der Waals surface area contributed by atoms with Gasteiger partial charge in [-0.05, 0) is 42.5 Å². The van der Waals surface area contributed by atoms with Gasteiger partial charge < -0.3 is 0 Å². The van der Waals surface area contributed by atoms with Crippen molar-refractivity contribution in [1.29, 1.82) is 0 Å². The smallest absolute Gasteiger partial charge is 0.297 e. The number of aryl methyl sites for hydroxylation is 2. The lowest BCUT2D eigenvalue weighted by Crippen LogP contribution is -2.34. The van der Waals surface area contributed by atoms with Gasteiger partial charge in [-0.1, -0.05) is 12.1 Å². The topological polar surface area (TPSA) is 54.5 Å². The van der Waals surface area contributed by atoms with Gasteiger partial charge in [-0.2, -0.15) is 0 Å². The molecule has 0 bridgehead atoms. The van der Waals surface area contributed by atoms with E-state index in [-0.39, 0.29) is 12.3 Å². The Hall–Kier alpha value is -2.27. The molecule has 5 heteroatoms. The molecule has 4 nitrogen and oxygen atoms in total. The van der Waals surface area contributed by atoms with Crippen molar-refractivity contribution >= 4 is 34.5 Å². The first-order valence-electron chi connectivity index (χ1n) is 6.53. The molecule has 106 valence electrons. The summed E-state index contributed by atoms with van der Waals surface area (Å²) in [6.07, 6.45) is 0. The van der Waals surface area contributed by atoms with E-state index < -0.39 is 11.7 Å². The number of benzene rings is 1. The summed E-state index contributed by atoms with van der Waals surface area (Å²) in [5.41, 5.74) is 2.74. The minimum Gasteiger partial charge on any atom is -0.297 e. The fourth-order valence-electron chi connectivity index (χ4n) is 2.64. The number of rotatable bonds is 3. The Morgan fingerprint density at radius 2 is 2.00 bits per heavy atom. The molecule has 1 amide bonds. The number of hydrogen-bond donors (Lipinski definition) is 0. The summed E-state index contributed by atoms with van der Waals surface area (Å²) in [5.74, 6) is -1.31. The summed E-state index contributed by atoms with van der Waals surface area (Å²) in [6, 6.07) is 7.13. The minimum absolute atomic E-state index is 0.0953. The fourth-order valence-corrected chi connectivity index (χ4v) is 3.30. The number of fused-ring (bicyclic) bond motifs is 1. The number of anilines is 1. The van der Waals surface area contributed by atoms with Crippen molar-refractivity contribution in [3.05, 3.63) is 51.2 Å². The van der Waals surface area contributed by atoms with E-state index in [4.69, 9.17) is 0 Å². The zero-order valence-corrected chi connectivity index (χ0v) is 12.5. The van der Waals surface area contributed by atoms with E-state index >= 15 is 0 Å². The molecular formula is C16H13NO3S. The molecule has 0 fully saturated rings. The van der Waals surface area contributed by atoms with Crippen LogP contribution in [0.3, 0.4) is 0 Å². The lowest BCUT2D eigenvalue weighted by Gasteiger charge is -2.17. The van der Waals surface area contributed by atoms with Crippen LogP contribution in [0.1, 0.15) is 31.2 Å². The molecule has 0 N–H and O–H groups in total. The maximum Gasteiger partial charge on any atom is 0.299 e. The molecule has 2 heterocycles. The van der Waals surface area contributed by atoms with Gasteiger partial charge in [-0.3, -0.25) is 19.3 Å². The van der Waals surface area contributed by atoms with Gasteiger partial charge in [-0.25, -0.2) is 0 Å². The van der Waals surface area contributed by atoms with Crippen molar-refractivity contribution in [3.8, 4) is 0 Å². The maximum absolute atomic E-state index is 12.2. The highest BCUT2D eigenvalue weighted by atomic mass is 32.1. The van der Waals surface area contributed by atoms with Gasteiger partial charge in [0.2, 0.25) is 0 Å². The molecule has 21 heavy (non-hydrogen) atoms. The zero-order valence-electron chi connectivity index (χ0n) is 11.7. The van der Waals surface area contributed by atoms with Crippen LogP contribution < -0.4 is 4.90 Å². The lowest BCUT2D eigenvalue weighted by atomic mass is 10.0. The third-order valence-corrected chi connectivity index (χ3v) is 4.41. The van der Waals surface area contributed by atoms with Crippen LogP contribution in [0, 0.1) is 13.8 Å². The van der Waals surface area contributed by atoms with Crippen molar-refractivity contribution in [2.24, 2.45) is 0 Å². The largest absolute Gasteiger partial charge is 0.299 e. The van der Waals surface area contributed by atoms with E-state index in [1.54, 1.807) is 18.2 Å². The summed E-state index contributed by atoms with van der Waals surface area (Å²) in [5, 5.41) is 1.81. The molecule has 0 aliphatic carbocycles. The van der Waals surface area contributed by atoms with Crippen LogP contribution in [-0.2, 0) is 4.79 Å². The molecule has 0 atom stereocenters. The van der Waals surface area contributed by atoms with Gasteiger partial charge >= 0.3 is 0 Å². The SMILES string of the molecule is Cc1cc(C)c2c(c1)C(=O)C(=O)N2CC(=O)c1cccs1. The molecule has 0 unspecified atom stereocenters. The molecule has 0 spiro atoms. The summed E-state index contributed by atoms with van der Waals surface area (Å²) >= 11 is 1.33. The van der Waals surface area contributed by atoms with Crippen LogP contribution in [0.2, 0.25) is 0 Å². The van der Waals surface area contributed by atoms with Crippen molar-refractivity contribution < 1.29 is 14.4 Å². The van der Waals surface area contributed by atoms with E-state index in [2.05, 4.69) is 0 Å². The van der Waals surface area contributed by atoms with Crippen LogP contribution in [0.15, 0.2) is 29.6 Å². The number of carbonyl (C=O) groups excluding carboxylic acids is 3. The lowest BCUT2D eigenvalue weighted by molar-refractivity contribution is -0.114. The third kappa shape index (κ3) is 2.19. The standard InChI is InChI=1S/C16H13NO3S/c1-9-6-10(2)14-11(7-9)15(19)16(20)17(14)8-12(18)13-4-3-5-21-13/h3-7H,8H2,1-2H3. The quantitative estimate of drug-likeness (QED) is 0.647. The molecule has 1 aromatic carbocycles. The van der Waals surface area contributed by atoms with Crippen molar-refractivity contribution in [3.63, 3.8) is 0 Å². The molecule has 1 aliphatic heterocycles. The van der Waals surface area contributed by atoms with Crippen molar-refractivity contribution in [2.45, 2.75) is 13.8 Å². The monoisotopic (exact) mass is 299 g/mol. The van der Waals surface area contributed by atoms with Gasteiger partial charge in [0, 0.05) is 0 Å². The highest BCUT2D eigenvalue weighted by molar-refractivity contribution is 7.12. The first kappa shape index (κ1) is 13.7. The van der Waals surface area contributed by atoms with E-state index in [0.717, 1.165) is 11.1 Å². The van der Waals surface area contributed by atoms with Crippen LogP contribution in [0.25, 0.3) is 0 Å². The van der Waals surface area contributed by atoms with Crippen LogP contribution in [0.4, 0.5) is 5.69 Å². The van der Waals surface area contributed by atoms with Crippen LogP contribution in [0.5, 0.6) is 0 Å². The van der Waals surface area contributed by atoms with Crippen LogP contribution >= 0.6 is 11.3 Å². The number of ketones is 2. The molecule has 0 saturated carbocycles. The summed E-state index contributed by atoms with van der Waals surface area (Å²) in [7, 11) is 0. The number of thiophene rings is 1. The second-order valence-corrected chi connectivity index (χ2v) is 6.05. The first-order chi connectivity index (χ1) is 9.99. The van der Waals surface area contributed by atoms with E-state index in [0.29, 0.717) is 16.1 Å². The second kappa shape index (κ2) is 4.93. The number of hydrogen-bond acceptors (Lipinski definition) is 4. The normalized spacial score (nSPS) is 13.7. The van der Waals surface area contributed by atoms with Crippen molar-refractivity contribution in [2.75, 3.05) is 11.4 Å². The van der Waals surface area contributed by atoms with Gasteiger partial charge in [0.1, 0.15) is 0 Å². The Balaban J connectivity index is 2.00. The van der Waals surface area contributed by atoms with E-state index in [1.165, 1.54) is 16.2 Å². The Kier molecular flexibility index (Phi) is 3.22. The van der Waals surface area contributed by atoms with E-state index in [1.807, 2.05) is 25.3 Å². The number of Topliss-reactive ketones (excluding diaryl/α,β-unsaturated/α-hetero) is 2. The highest BCUT2D eigenvalue weighted by Crippen LogP contribution is 2.33. The second-order valence-electron chi connectivity index (χ2n) is 5.10. The Morgan fingerprint density at radius 1 is 1.24 bits per heavy atom. The summed E-state index contributed by atoms with van der Waals surface area (Å²) < 4.78 is 0. The first-order valence-corrected chi connectivity index (χ1v) is 7.41. The minimum atomic E-state index is -0.622. The Morgan fingerprint density at radius 3 is 2.67 bits per heavy atom. The molecule has 1 aromatic heterocycles. The summed E-state index contributed by atoms with van der Waals surface area (Å²) in [6.45, 7) is 3.63. The fraction of sp³-hybridized carbons (Fsp3) is 0.188. The number of carbonyl (C=O) groups is 3. The highest BCUT2D eigenvalue weighted by Gasteiger charge is 2.38. The predicted octanol–water partition coefficient (Wildman–Crippen LogP) is 2.78. The zero-order chi connectivity index (χ0) is 15.1. The average molecular weight is 299 g/mol. The number of nitrogens with zero attached hydrogens (tertiary/aromatic N) is 1. The molecule has 3 rings (SSSR count). The van der Waals surface area contributed by atoms with Gasteiger partial charge in [0.05, 0.1) is 22.7 Å². The molecule has 2 aromatic rings.